The molecule has 8 atom stereocenters. The maximum absolute atomic E-state index is 14.3. The molecule has 1 aliphatic heterocycles. The van der Waals surface area contributed by atoms with Crippen molar-refractivity contribution in [3.8, 4) is 0 Å². The lowest BCUT2D eigenvalue weighted by molar-refractivity contribution is -0.140. The zero-order valence-electron chi connectivity index (χ0n) is 40.2. The molecule has 0 spiro atoms. The summed E-state index contributed by atoms with van der Waals surface area (Å²) in [5.41, 5.74) is 12.5. The van der Waals surface area contributed by atoms with E-state index in [0.717, 1.165) is 26.2 Å². The van der Waals surface area contributed by atoms with Crippen LogP contribution in [0.1, 0.15) is 64.1 Å². The number of H-pyrrole nitrogens is 1. The monoisotopic (exact) mass is 1040 g/mol. The zero-order chi connectivity index (χ0) is 52.5. The number of aliphatic hydroxyl groups excluding tert-OH is 1. The Hall–Kier alpha value is -5.02. The Kier molecular flexibility index (Phi) is 26.7. The van der Waals surface area contributed by atoms with Crippen molar-refractivity contribution in [1.82, 2.24) is 41.5 Å². The maximum Gasteiger partial charge on any atom is 0.469 e. The number of aryl methyl sites for hydroxylation is 1. The van der Waals surface area contributed by atoms with Gasteiger partial charge in [-0.3, -0.25) is 38.1 Å². The largest absolute Gasteiger partial charge is 0.469 e. The molecule has 1 saturated heterocycles. The number of nitrogens with two attached hydrogens (primary N) is 2. The fourth-order valence-corrected chi connectivity index (χ4v) is 8.06. The first-order valence-corrected chi connectivity index (χ1v) is 25.5. The van der Waals surface area contributed by atoms with Gasteiger partial charge in [0.15, 0.2) is 0 Å². The van der Waals surface area contributed by atoms with Crippen molar-refractivity contribution in [2.24, 2.45) is 17.4 Å². The van der Waals surface area contributed by atoms with Crippen molar-refractivity contribution in [2.75, 3.05) is 58.5 Å². The van der Waals surface area contributed by atoms with Gasteiger partial charge in [0, 0.05) is 50.2 Å². The lowest BCUT2D eigenvalue weighted by Crippen LogP contribution is -2.61. The van der Waals surface area contributed by atoms with Crippen LogP contribution in [0.3, 0.4) is 0 Å². The van der Waals surface area contributed by atoms with Gasteiger partial charge in [0.2, 0.25) is 41.4 Å². The minimum atomic E-state index is -5.14. The number of carbonyl (C=O) groups excluding carboxylic acids is 7. The first kappa shape index (κ1) is 60.3. The van der Waals surface area contributed by atoms with Crippen molar-refractivity contribution in [2.45, 2.75) is 114 Å². The van der Waals surface area contributed by atoms with E-state index in [-0.39, 0.29) is 88.7 Å². The van der Waals surface area contributed by atoms with E-state index in [1.54, 1.807) is 0 Å². The van der Waals surface area contributed by atoms with E-state index >= 15 is 0 Å². The first-order chi connectivity index (χ1) is 33.7. The molecule has 25 nitrogen and oxygen atoms in total. The van der Waals surface area contributed by atoms with Gasteiger partial charge < -0.3 is 77.0 Å². The molecule has 1 fully saturated rings. The van der Waals surface area contributed by atoms with Crippen LogP contribution in [0.2, 0.25) is 0 Å². The minimum Gasteiger partial charge on any atom is -0.394 e. The molecule has 0 bridgehead atoms. The van der Waals surface area contributed by atoms with E-state index in [2.05, 4.69) is 53.7 Å². The van der Waals surface area contributed by atoms with Crippen LogP contribution >= 0.6 is 20.5 Å². The smallest absolute Gasteiger partial charge is 0.394 e. The number of nitrogens with zero attached hydrogens (tertiary/aromatic N) is 2. The highest BCUT2D eigenvalue weighted by molar-refractivity contribution is 7.80. The number of benzene rings is 1. The van der Waals surface area contributed by atoms with Crippen molar-refractivity contribution >= 4 is 61.8 Å². The van der Waals surface area contributed by atoms with Gasteiger partial charge in [0.25, 0.3) is 0 Å². The summed E-state index contributed by atoms with van der Waals surface area (Å²) in [4.78, 5) is 120. The Labute approximate surface area is 418 Å². The van der Waals surface area contributed by atoms with E-state index in [9.17, 15) is 53.0 Å². The maximum atomic E-state index is 14.3. The van der Waals surface area contributed by atoms with Crippen LogP contribution in [-0.2, 0) is 69.7 Å². The normalized spacial score (nSPS) is 17.3. The Morgan fingerprint density at radius 1 is 0.887 bits per heavy atom. The van der Waals surface area contributed by atoms with Gasteiger partial charge in [0.1, 0.15) is 30.2 Å². The van der Waals surface area contributed by atoms with Crippen LogP contribution in [0.4, 0.5) is 0 Å². The van der Waals surface area contributed by atoms with E-state index in [4.69, 9.17) is 25.7 Å². The quantitative estimate of drug-likeness (QED) is 0.0200. The molecule has 398 valence electrons. The van der Waals surface area contributed by atoms with Gasteiger partial charge in [-0.15, -0.1) is 0 Å². The number of nitrogens with one attached hydrogen (secondary N) is 6. The highest BCUT2D eigenvalue weighted by atomic mass is 32.1. The van der Waals surface area contributed by atoms with E-state index in [1.165, 1.54) is 23.0 Å². The van der Waals surface area contributed by atoms with E-state index in [1.807, 2.05) is 44.2 Å². The number of unbranched alkanes of at least 4 members (excludes halogenated alkanes) is 1. The van der Waals surface area contributed by atoms with Crippen molar-refractivity contribution in [3.05, 3.63) is 54.1 Å². The molecule has 7 amide bonds. The predicted octanol–water partition coefficient (Wildman–Crippen LogP) is -2.28. The second-order valence-electron chi connectivity index (χ2n) is 17.3. The molecular formula is C44H71N10O15PS. The SMILES string of the molecule is CC(C)C[C@H](NC(=O)[C@@H]1C[C@H](OCCCCc2ccccc2)CN1C(=O)CCOCCOCCNC(=O)[C@@H](N)CS)C(=O)N[C@@H](Cc1cnc[nH]1)C(=O)N[C@@H](CO)C(=O)N[C@H](C(N)=O)C(C)OP(=O)(O)O. The molecule has 27 heteroatoms. The van der Waals surface area contributed by atoms with Crippen LogP contribution in [0.5, 0.6) is 0 Å². The van der Waals surface area contributed by atoms with Crippen molar-refractivity contribution in [1.29, 1.82) is 0 Å². The summed E-state index contributed by atoms with van der Waals surface area (Å²) in [5, 5.41) is 22.6. The van der Waals surface area contributed by atoms with E-state index in [0.29, 0.717) is 12.3 Å². The van der Waals surface area contributed by atoms with Crippen LogP contribution < -0.4 is 38.1 Å². The summed E-state index contributed by atoms with van der Waals surface area (Å²) in [6.07, 6.45) is 2.95. The van der Waals surface area contributed by atoms with Crippen LogP contribution in [0.15, 0.2) is 42.9 Å². The molecule has 13 N–H and O–H groups in total. The number of rotatable bonds is 34. The van der Waals surface area contributed by atoms with Crippen molar-refractivity contribution in [3.63, 3.8) is 0 Å². The summed E-state index contributed by atoms with van der Waals surface area (Å²) >= 11 is 4.00. The number of phosphoric acid groups is 1. The average Bonchev–Trinajstić information content (AvgIpc) is 4.01. The number of likely N-dealkylation sites (tertiary alicyclic amines) is 1. The number of primary amides is 1. The summed E-state index contributed by atoms with van der Waals surface area (Å²) in [6.45, 7) is 4.95. The zero-order valence-corrected chi connectivity index (χ0v) is 42.0. The number of hydrogen-bond donors (Lipinski definition) is 12. The van der Waals surface area contributed by atoms with Gasteiger partial charge in [-0.1, -0.05) is 44.2 Å². The van der Waals surface area contributed by atoms with Crippen LogP contribution in [0, 0.1) is 5.92 Å². The molecule has 0 saturated carbocycles. The molecule has 1 aromatic carbocycles. The number of carbonyl (C=O) groups is 7. The number of hydrogen-bond acceptors (Lipinski definition) is 16. The number of thiol groups is 1. The molecule has 1 aliphatic rings. The summed E-state index contributed by atoms with van der Waals surface area (Å²) in [7, 11) is -5.14. The molecule has 2 aromatic rings. The minimum absolute atomic E-state index is 0.0123. The number of phosphoric ester groups is 1. The van der Waals surface area contributed by atoms with Gasteiger partial charge >= 0.3 is 7.82 Å². The second-order valence-corrected chi connectivity index (χ2v) is 18.8. The third-order valence-corrected chi connectivity index (χ3v) is 12.0. The Bertz CT molecular complexity index is 2040. The third kappa shape index (κ3) is 22.5. The number of amides is 7. The fraction of sp³-hybridized carbons (Fsp3) is 0.636. The second kappa shape index (κ2) is 31.4. The molecule has 0 aliphatic carbocycles. The van der Waals surface area contributed by atoms with Gasteiger partial charge in [0.05, 0.1) is 64.0 Å². The van der Waals surface area contributed by atoms with Gasteiger partial charge in [-0.25, -0.2) is 9.55 Å². The van der Waals surface area contributed by atoms with Gasteiger partial charge in [-0.05, 0) is 44.1 Å². The Morgan fingerprint density at radius 2 is 1.55 bits per heavy atom. The highest BCUT2D eigenvalue weighted by Gasteiger charge is 2.42. The predicted molar refractivity (Wildman–Crippen MR) is 259 cm³/mol. The summed E-state index contributed by atoms with van der Waals surface area (Å²) < 4.78 is 33.2. The Balaban J connectivity index is 1.72. The molecule has 1 unspecified atom stereocenters. The number of aromatic amines is 1. The lowest BCUT2D eigenvalue weighted by atomic mass is 10.0. The number of ether oxygens (including phenoxy) is 3. The van der Waals surface area contributed by atoms with Crippen molar-refractivity contribution < 1.29 is 71.8 Å². The number of aromatic nitrogens is 2. The topological polar surface area (TPSA) is 378 Å². The molecule has 0 radical (unpaired) electrons. The highest BCUT2D eigenvalue weighted by Crippen LogP contribution is 2.38. The van der Waals surface area contributed by atoms with Crippen LogP contribution in [-0.4, -0.2) is 178 Å². The van der Waals surface area contributed by atoms with Crippen LogP contribution in [0.25, 0.3) is 0 Å². The number of aliphatic hydroxyl groups is 1. The van der Waals surface area contributed by atoms with Gasteiger partial charge in [-0.2, -0.15) is 12.6 Å². The molecular weight excluding hydrogens is 972 g/mol. The summed E-state index contributed by atoms with van der Waals surface area (Å²) in [5.74, 6) is -5.55. The molecule has 71 heavy (non-hydrogen) atoms. The molecule has 1 aromatic heterocycles. The molecule has 2 heterocycles. The fourth-order valence-electron chi connectivity index (χ4n) is 7.34. The first-order valence-electron chi connectivity index (χ1n) is 23.3. The average molecular weight is 1040 g/mol. The Morgan fingerprint density at radius 3 is 2.17 bits per heavy atom. The number of imidazole rings is 1. The van der Waals surface area contributed by atoms with E-state index < -0.39 is 92.4 Å². The lowest BCUT2D eigenvalue weighted by Gasteiger charge is -2.28. The summed E-state index contributed by atoms with van der Waals surface area (Å²) in [6, 6.07) is 1.96. The molecule has 3 rings (SSSR count). The standard InChI is InChI=1S/C44H71N10O15PS/c1-27(2)19-33(41(59)50-34(20-30-22-47-26-49-30)42(60)52-35(24-55)43(61)53-38(39(46)57)28(3)69-70(63,64)65)51-44(62)36-21-31(68-14-8-7-11-29-9-5-4-6-10-29)23-54(36)37(56)12-15-66-17-18-67-16-13-48-40(58)32(45)25-71/h4-6,9-10,22,26-28,31-36,38,55,71H,7-8,11-21,23-25,45H2,1-3H3,(H2,46,57)(H,47,49)(H,48,58)(H,50,59)(H,51,62)(H,52,60)(H,53,61)(H2,63,64,65)/t28?,31-,32-,33-,34-,35-,36-,38-/m0/s1. The third-order valence-electron chi connectivity index (χ3n) is 11.0.